The van der Waals surface area contributed by atoms with Gasteiger partial charge in [-0.2, -0.15) is 0 Å². The van der Waals surface area contributed by atoms with Gasteiger partial charge < -0.3 is 15.5 Å². The number of aromatic nitrogens is 2. The van der Waals surface area contributed by atoms with Crippen molar-refractivity contribution in [3.63, 3.8) is 0 Å². The minimum atomic E-state index is -0.481. The summed E-state index contributed by atoms with van der Waals surface area (Å²) in [4.78, 5) is 47.6. The number of hydrogen-bond donors (Lipinski definition) is 2. The van der Waals surface area contributed by atoms with Crippen LogP contribution in [0.2, 0.25) is 0 Å². The minimum absolute atomic E-state index is 0.0384. The molecule has 2 aromatic heterocycles. The molecule has 2 N–H and O–H groups in total. The second kappa shape index (κ2) is 10.6. The zero-order valence-electron chi connectivity index (χ0n) is 19.0. The van der Waals surface area contributed by atoms with Gasteiger partial charge in [0.15, 0.2) is 0 Å². The maximum absolute atomic E-state index is 12.7. The van der Waals surface area contributed by atoms with Crippen LogP contribution < -0.4 is 10.6 Å². The molecule has 1 atom stereocenters. The third-order valence-electron chi connectivity index (χ3n) is 6.41. The Bertz CT molecular complexity index is 1000. The molecule has 8 nitrogen and oxygen atoms in total. The monoisotopic (exact) mass is 449 g/mol. The Morgan fingerprint density at radius 2 is 2.03 bits per heavy atom. The van der Waals surface area contributed by atoms with E-state index in [1.807, 2.05) is 6.07 Å². The van der Waals surface area contributed by atoms with Crippen molar-refractivity contribution in [3.05, 3.63) is 53.5 Å². The van der Waals surface area contributed by atoms with Gasteiger partial charge in [-0.05, 0) is 55.9 Å². The van der Waals surface area contributed by atoms with Crippen LogP contribution in [0.3, 0.4) is 0 Å². The zero-order valence-corrected chi connectivity index (χ0v) is 19.0. The summed E-state index contributed by atoms with van der Waals surface area (Å²) in [6.45, 7) is 3.68. The normalized spacial score (nSPS) is 16.9. The number of fused-ring (bicyclic) bond motifs is 1. The van der Waals surface area contributed by atoms with Crippen molar-refractivity contribution in [1.82, 2.24) is 20.2 Å². The van der Waals surface area contributed by atoms with Crippen molar-refractivity contribution in [1.29, 1.82) is 0 Å². The molecule has 0 saturated carbocycles. The van der Waals surface area contributed by atoms with Gasteiger partial charge in [-0.3, -0.25) is 19.4 Å². The summed E-state index contributed by atoms with van der Waals surface area (Å²) in [6.07, 6.45) is 7.09. The second-order valence-electron chi connectivity index (χ2n) is 8.92. The maximum Gasteiger partial charge on any atom is 0.232 e. The zero-order chi connectivity index (χ0) is 23.2. The number of aryl methyl sites for hydroxylation is 1. The predicted octanol–water partition coefficient (Wildman–Crippen LogP) is 2.77. The smallest absolute Gasteiger partial charge is 0.232 e. The highest BCUT2D eigenvalue weighted by Crippen LogP contribution is 2.30. The van der Waals surface area contributed by atoms with Crippen molar-refractivity contribution < 1.29 is 14.4 Å². The van der Waals surface area contributed by atoms with Gasteiger partial charge in [-0.1, -0.05) is 12.1 Å². The number of hydrogen-bond acceptors (Lipinski definition) is 6. The van der Waals surface area contributed by atoms with Crippen LogP contribution in [0.1, 0.15) is 67.8 Å². The molecule has 0 radical (unpaired) electrons. The highest BCUT2D eigenvalue weighted by atomic mass is 16.2. The first-order valence-electron chi connectivity index (χ1n) is 11.7. The molecule has 1 saturated heterocycles. The standard InChI is InChI=1S/C25H31N5O3/c1-17(31)14-22(20-5-2-10-26-16-20)28-23(32)15-24(33)30-12-8-18(9-13-30)21-7-6-19-4-3-11-27-25(19)29-21/h2,5-7,10,16,18,22H,3-4,8-9,11-15H2,1H3,(H,27,29)(H,28,32). The van der Waals surface area contributed by atoms with Crippen LogP contribution in [0, 0.1) is 0 Å². The molecule has 174 valence electrons. The number of piperidine rings is 1. The number of nitrogens with zero attached hydrogens (tertiary/aromatic N) is 3. The molecule has 1 fully saturated rings. The first-order chi connectivity index (χ1) is 16.0. The third-order valence-corrected chi connectivity index (χ3v) is 6.41. The Hall–Kier alpha value is -3.29. The summed E-state index contributed by atoms with van der Waals surface area (Å²) in [5, 5.41) is 6.22. The Balaban J connectivity index is 1.29. The van der Waals surface area contributed by atoms with Crippen LogP contribution in [0.4, 0.5) is 5.82 Å². The first kappa shape index (κ1) is 22.9. The van der Waals surface area contributed by atoms with E-state index in [2.05, 4.69) is 27.8 Å². The molecule has 2 aromatic rings. The van der Waals surface area contributed by atoms with Crippen molar-refractivity contribution in [2.45, 2.75) is 57.4 Å². The van der Waals surface area contributed by atoms with Crippen molar-refractivity contribution in [3.8, 4) is 0 Å². The van der Waals surface area contributed by atoms with Gasteiger partial charge in [0.2, 0.25) is 11.8 Å². The summed E-state index contributed by atoms with van der Waals surface area (Å²) < 4.78 is 0. The molecular weight excluding hydrogens is 418 g/mol. The molecule has 8 heteroatoms. The summed E-state index contributed by atoms with van der Waals surface area (Å²) in [6, 6.07) is 7.39. The largest absolute Gasteiger partial charge is 0.370 e. The van der Waals surface area contributed by atoms with E-state index in [-0.39, 0.29) is 30.4 Å². The molecular formula is C25H31N5O3. The van der Waals surface area contributed by atoms with Gasteiger partial charge in [0.25, 0.3) is 0 Å². The average Bonchev–Trinajstić information content (AvgIpc) is 2.83. The van der Waals surface area contributed by atoms with Crippen LogP contribution >= 0.6 is 0 Å². The Morgan fingerprint density at radius 3 is 2.76 bits per heavy atom. The quantitative estimate of drug-likeness (QED) is 0.630. The lowest BCUT2D eigenvalue weighted by Crippen LogP contribution is -2.41. The van der Waals surface area contributed by atoms with Crippen molar-refractivity contribution in [2.75, 3.05) is 25.0 Å². The fraction of sp³-hybridized carbons (Fsp3) is 0.480. The number of carbonyl (C=O) groups is 3. The number of pyridine rings is 2. The van der Waals surface area contributed by atoms with E-state index >= 15 is 0 Å². The van der Waals surface area contributed by atoms with Crippen LogP contribution in [0.5, 0.6) is 0 Å². The van der Waals surface area contributed by atoms with Crippen molar-refractivity contribution in [2.24, 2.45) is 0 Å². The van der Waals surface area contributed by atoms with Gasteiger partial charge in [-0.25, -0.2) is 4.98 Å². The molecule has 33 heavy (non-hydrogen) atoms. The van der Waals surface area contributed by atoms with Gasteiger partial charge in [0.05, 0.1) is 6.04 Å². The highest BCUT2D eigenvalue weighted by Gasteiger charge is 2.27. The van der Waals surface area contributed by atoms with Crippen LogP contribution in [0.25, 0.3) is 0 Å². The summed E-state index contributed by atoms with van der Waals surface area (Å²) >= 11 is 0. The van der Waals surface area contributed by atoms with E-state index in [9.17, 15) is 14.4 Å². The van der Waals surface area contributed by atoms with E-state index in [0.717, 1.165) is 49.3 Å². The highest BCUT2D eigenvalue weighted by molar-refractivity contribution is 5.97. The van der Waals surface area contributed by atoms with Gasteiger partial charge in [0.1, 0.15) is 18.0 Å². The second-order valence-corrected chi connectivity index (χ2v) is 8.92. The lowest BCUT2D eigenvalue weighted by atomic mass is 9.92. The number of ketones is 1. The topological polar surface area (TPSA) is 104 Å². The molecule has 2 amide bonds. The van der Waals surface area contributed by atoms with E-state index in [0.29, 0.717) is 19.0 Å². The molecule has 0 spiro atoms. The average molecular weight is 450 g/mol. The van der Waals surface area contributed by atoms with E-state index < -0.39 is 6.04 Å². The third kappa shape index (κ3) is 5.94. The number of likely N-dealkylation sites (tertiary alicyclic amines) is 1. The van der Waals surface area contributed by atoms with E-state index in [1.54, 1.807) is 23.4 Å². The van der Waals surface area contributed by atoms with Crippen LogP contribution in [-0.4, -0.2) is 52.1 Å². The lowest BCUT2D eigenvalue weighted by molar-refractivity contribution is -0.137. The van der Waals surface area contributed by atoms with Gasteiger partial charge in [-0.15, -0.1) is 0 Å². The van der Waals surface area contributed by atoms with Crippen LogP contribution in [-0.2, 0) is 20.8 Å². The number of carbonyl (C=O) groups excluding carboxylic acids is 3. The van der Waals surface area contributed by atoms with E-state index in [1.165, 1.54) is 12.5 Å². The molecule has 1 unspecified atom stereocenters. The predicted molar refractivity (Wildman–Crippen MR) is 125 cm³/mol. The molecule has 4 rings (SSSR count). The maximum atomic E-state index is 12.7. The van der Waals surface area contributed by atoms with E-state index in [4.69, 9.17) is 4.98 Å². The molecule has 2 aliphatic rings. The summed E-state index contributed by atoms with van der Waals surface area (Å²) in [5.74, 6) is 0.729. The number of Topliss-reactive ketones (excluding diaryl/α,β-unsaturated/α-hetero) is 1. The number of anilines is 1. The molecule has 0 aromatic carbocycles. The van der Waals surface area contributed by atoms with Crippen molar-refractivity contribution >= 4 is 23.4 Å². The Morgan fingerprint density at radius 1 is 1.21 bits per heavy atom. The number of amides is 2. The molecule has 0 bridgehead atoms. The van der Waals surface area contributed by atoms with Gasteiger partial charge in [0, 0.05) is 50.1 Å². The fourth-order valence-electron chi connectivity index (χ4n) is 4.61. The minimum Gasteiger partial charge on any atom is -0.370 e. The molecule has 0 aliphatic carbocycles. The van der Waals surface area contributed by atoms with Gasteiger partial charge >= 0.3 is 0 Å². The number of rotatable bonds is 7. The number of nitrogens with one attached hydrogen (secondary N) is 2. The summed E-state index contributed by atoms with van der Waals surface area (Å²) in [5.41, 5.74) is 3.11. The SMILES string of the molecule is CC(=O)CC(NC(=O)CC(=O)N1CCC(c2ccc3c(n2)NCCC3)CC1)c1cccnc1. The first-order valence-corrected chi connectivity index (χ1v) is 11.7. The molecule has 2 aliphatic heterocycles. The van der Waals surface area contributed by atoms with Crippen LogP contribution in [0.15, 0.2) is 36.7 Å². The fourth-order valence-corrected chi connectivity index (χ4v) is 4.61. The Kier molecular flexibility index (Phi) is 7.32. The molecule has 4 heterocycles. The summed E-state index contributed by atoms with van der Waals surface area (Å²) in [7, 11) is 0. The Labute approximate surface area is 194 Å². The lowest BCUT2D eigenvalue weighted by Gasteiger charge is -2.32.